The maximum absolute atomic E-state index is 13.0. The third-order valence-corrected chi connectivity index (χ3v) is 4.22. The molecule has 0 saturated heterocycles. The predicted octanol–water partition coefficient (Wildman–Crippen LogP) is 3.14. The summed E-state index contributed by atoms with van der Waals surface area (Å²) >= 11 is 0. The number of nitrogens with zero attached hydrogens (tertiary/aromatic N) is 1. The number of carbonyl (C=O) groups excluding carboxylic acids is 2. The maximum atomic E-state index is 13.0. The molecule has 0 heterocycles. The first-order valence-corrected chi connectivity index (χ1v) is 9.55. The summed E-state index contributed by atoms with van der Waals surface area (Å²) in [7, 11) is 1.54. The second kappa shape index (κ2) is 10.9. The summed E-state index contributed by atoms with van der Waals surface area (Å²) in [6.07, 6.45) is 1.47. The molecule has 0 aromatic heterocycles. The molecule has 1 unspecified atom stereocenters. The minimum Gasteiger partial charge on any atom is -0.493 e. The number of nitrogens with one attached hydrogen (secondary N) is 2. The monoisotopic (exact) mass is 415 g/mol. The van der Waals surface area contributed by atoms with E-state index >= 15 is 0 Å². The van der Waals surface area contributed by atoms with Gasteiger partial charge in [0.2, 0.25) is 0 Å². The van der Waals surface area contributed by atoms with Crippen LogP contribution in [0.2, 0.25) is 0 Å². The fourth-order valence-electron chi connectivity index (χ4n) is 2.64. The largest absolute Gasteiger partial charge is 0.493 e. The van der Waals surface area contributed by atoms with Gasteiger partial charge in [-0.15, -0.1) is 0 Å². The summed E-state index contributed by atoms with van der Waals surface area (Å²) in [4.78, 5) is 24.9. The lowest BCUT2D eigenvalue weighted by Gasteiger charge is -2.20. The third kappa shape index (κ3) is 6.30. The van der Waals surface area contributed by atoms with Crippen LogP contribution in [-0.2, 0) is 4.79 Å². The van der Waals surface area contributed by atoms with Crippen molar-refractivity contribution >= 4 is 18.0 Å². The van der Waals surface area contributed by atoms with Crippen molar-refractivity contribution in [1.29, 1.82) is 0 Å². The van der Waals surface area contributed by atoms with Crippen molar-refractivity contribution < 1.29 is 23.5 Å². The van der Waals surface area contributed by atoms with Crippen molar-refractivity contribution in [3.63, 3.8) is 0 Å². The normalized spacial score (nSPS) is 11.9. The highest BCUT2D eigenvalue weighted by Crippen LogP contribution is 2.27. The van der Waals surface area contributed by atoms with Crippen molar-refractivity contribution in [2.24, 2.45) is 11.0 Å². The van der Waals surface area contributed by atoms with Crippen LogP contribution in [0.15, 0.2) is 47.6 Å². The zero-order valence-corrected chi connectivity index (χ0v) is 17.4. The molecular weight excluding hydrogens is 389 g/mol. The second-order valence-electron chi connectivity index (χ2n) is 6.78. The highest BCUT2D eigenvalue weighted by Gasteiger charge is 2.24. The van der Waals surface area contributed by atoms with Crippen LogP contribution in [0.5, 0.6) is 11.5 Å². The van der Waals surface area contributed by atoms with E-state index < -0.39 is 23.7 Å². The summed E-state index contributed by atoms with van der Waals surface area (Å²) in [5.41, 5.74) is 3.40. The van der Waals surface area contributed by atoms with Gasteiger partial charge in [-0.3, -0.25) is 9.59 Å². The van der Waals surface area contributed by atoms with Crippen LogP contribution >= 0.6 is 0 Å². The number of methoxy groups -OCH3 is 1. The number of hydrogen-bond acceptors (Lipinski definition) is 5. The summed E-state index contributed by atoms with van der Waals surface area (Å²) in [5.74, 6) is -0.387. The second-order valence-corrected chi connectivity index (χ2v) is 6.78. The van der Waals surface area contributed by atoms with E-state index in [1.807, 2.05) is 6.92 Å². The molecule has 2 rings (SSSR count). The van der Waals surface area contributed by atoms with Gasteiger partial charge in [-0.05, 0) is 60.9 Å². The Kier molecular flexibility index (Phi) is 8.34. The first kappa shape index (κ1) is 22.9. The van der Waals surface area contributed by atoms with Gasteiger partial charge in [0.05, 0.1) is 19.9 Å². The van der Waals surface area contributed by atoms with Gasteiger partial charge in [0, 0.05) is 5.56 Å². The van der Waals surface area contributed by atoms with Crippen LogP contribution < -0.4 is 20.2 Å². The highest BCUT2D eigenvalue weighted by molar-refractivity contribution is 5.97. The molecule has 7 nitrogen and oxygen atoms in total. The van der Waals surface area contributed by atoms with Crippen molar-refractivity contribution in [3.05, 3.63) is 59.4 Å². The molecule has 0 saturated carbocycles. The van der Waals surface area contributed by atoms with Crippen molar-refractivity contribution in [3.8, 4) is 11.5 Å². The van der Waals surface area contributed by atoms with Crippen molar-refractivity contribution in [2.75, 3.05) is 13.7 Å². The van der Waals surface area contributed by atoms with Crippen LogP contribution in [0.1, 0.15) is 36.7 Å². The lowest BCUT2D eigenvalue weighted by molar-refractivity contribution is -0.123. The molecule has 2 aromatic rings. The topological polar surface area (TPSA) is 89.0 Å². The molecule has 0 aliphatic carbocycles. The molecule has 0 radical (unpaired) electrons. The molecule has 1 atom stereocenters. The fraction of sp³-hybridized carbons (Fsp3) is 0.318. The Morgan fingerprint density at radius 3 is 2.43 bits per heavy atom. The van der Waals surface area contributed by atoms with Crippen LogP contribution in [0.4, 0.5) is 4.39 Å². The number of carbonyl (C=O) groups is 2. The Balaban J connectivity index is 2.02. The van der Waals surface area contributed by atoms with E-state index in [0.29, 0.717) is 23.7 Å². The molecule has 0 spiro atoms. The van der Waals surface area contributed by atoms with E-state index in [-0.39, 0.29) is 11.5 Å². The first-order chi connectivity index (χ1) is 14.3. The van der Waals surface area contributed by atoms with Crippen LogP contribution in [0.25, 0.3) is 0 Å². The van der Waals surface area contributed by atoms with E-state index in [0.717, 1.165) is 0 Å². The summed E-state index contributed by atoms with van der Waals surface area (Å²) < 4.78 is 23.8. The minimum absolute atomic E-state index is 0.185. The van der Waals surface area contributed by atoms with E-state index in [4.69, 9.17) is 9.47 Å². The zero-order chi connectivity index (χ0) is 22.1. The van der Waals surface area contributed by atoms with Gasteiger partial charge in [-0.2, -0.15) is 5.10 Å². The van der Waals surface area contributed by atoms with Crippen molar-refractivity contribution in [1.82, 2.24) is 10.7 Å². The third-order valence-electron chi connectivity index (χ3n) is 4.22. The van der Waals surface area contributed by atoms with E-state index in [2.05, 4.69) is 15.8 Å². The Bertz CT molecular complexity index is 898. The maximum Gasteiger partial charge on any atom is 0.262 e. The molecule has 0 aliphatic heterocycles. The van der Waals surface area contributed by atoms with Crippen molar-refractivity contribution in [2.45, 2.75) is 26.8 Å². The SMILES string of the molecule is CCOc1ccc(C=NNC(=O)C(NC(=O)c2ccc(F)cc2)C(C)C)cc1OC. The molecule has 8 heteroatoms. The summed E-state index contributed by atoms with van der Waals surface area (Å²) in [6.45, 7) is 6.00. The minimum atomic E-state index is -0.811. The standard InChI is InChI=1S/C22H26FN3O4/c1-5-30-18-11-6-15(12-19(18)29-4)13-24-26-22(28)20(14(2)3)25-21(27)16-7-9-17(23)10-8-16/h6-14,20H,5H2,1-4H3,(H,25,27)(H,26,28). The smallest absolute Gasteiger partial charge is 0.262 e. The fourth-order valence-corrected chi connectivity index (χ4v) is 2.64. The average Bonchev–Trinajstić information content (AvgIpc) is 2.73. The molecule has 0 bridgehead atoms. The van der Waals surface area contributed by atoms with Crippen LogP contribution in [-0.4, -0.2) is 37.8 Å². The van der Waals surface area contributed by atoms with Gasteiger partial charge < -0.3 is 14.8 Å². The molecule has 30 heavy (non-hydrogen) atoms. The van der Waals surface area contributed by atoms with Crippen LogP contribution in [0, 0.1) is 11.7 Å². The Morgan fingerprint density at radius 2 is 1.83 bits per heavy atom. The number of benzene rings is 2. The predicted molar refractivity (Wildman–Crippen MR) is 112 cm³/mol. The molecule has 2 aromatic carbocycles. The van der Waals surface area contributed by atoms with E-state index in [1.54, 1.807) is 32.0 Å². The Labute approximate surface area is 175 Å². The number of hydrazone groups is 1. The van der Waals surface area contributed by atoms with Gasteiger partial charge in [-0.1, -0.05) is 13.8 Å². The summed E-state index contributed by atoms with van der Waals surface area (Å²) in [6, 6.07) is 9.55. The molecule has 2 amide bonds. The number of hydrogen-bond donors (Lipinski definition) is 2. The number of ether oxygens (including phenoxy) is 2. The highest BCUT2D eigenvalue weighted by atomic mass is 19.1. The quantitative estimate of drug-likeness (QED) is 0.486. The van der Waals surface area contributed by atoms with Gasteiger partial charge in [-0.25, -0.2) is 9.82 Å². The molecule has 2 N–H and O–H groups in total. The van der Waals surface area contributed by atoms with E-state index in [9.17, 15) is 14.0 Å². The average molecular weight is 415 g/mol. The Hall–Kier alpha value is -3.42. The summed E-state index contributed by atoms with van der Waals surface area (Å²) in [5, 5.41) is 6.62. The van der Waals surface area contributed by atoms with E-state index in [1.165, 1.54) is 37.6 Å². The number of halogens is 1. The Morgan fingerprint density at radius 1 is 1.13 bits per heavy atom. The first-order valence-electron chi connectivity index (χ1n) is 9.55. The molecular formula is C22H26FN3O4. The molecule has 160 valence electrons. The molecule has 0 aliphatic rings. The number of rotatable bonds is 9. The lowest BCUT2D eigenvalue weighted by Crippen LogP contribution is -2.48. The van der Waals surface area contributed by atoms with Gasteiger partial charge >= 0.3 is 0 Å². The van der Waals surface area contributed by atoms with Gasteiger partial charge in [0.15, 0.2) is 11.5 Å². The molecule has 0 fully saturated rings. The van der Waals surface area contributed by atoms with Gasteiger partial charge in [0.1, 0.15) is 11.9 Å². The van der Waals surface area contributed by atoms with Gasteiger partial charge in [0.25, 0.3) is 11.8 Å². The van der Waals surface area contributed by atoms with Crippen LogP contribution in [0.3, 0.4) is 0 Å². The number of amides is 2. The lowest BCUT2D eigenvalue weighted by atomic mass is 10.0. The zero-order valence-electron chi connectivity index (χ0n) is 17.4.